The maximum absolute atomic E-state index is 5.21. The monoisotopic (exact) mass is 194 g/mol. The molecule has 0 saturated carbocycles. The van der Waals surface area contributed by atoms with E-state index in [1.807, 2.05) is 11.8 Å². The molecular weight excluding hydrogens is 180 g/mol. The van der Waals surface area contributed by atoms with Gasteiger partial charge in [-0.3, -0.25) is 0 Å². The first-order valence-corrected chi connectivity index (χ1v) is 5.52. The first-order chi connectivity index (χ1) is 6.25. The van der Waals surface area contributed by atoms with Crippen LogP contribution in [0.25, 0.3) is 0 Å². The Balaban J connectivity index is 2.04. The number of rotatable bonds is 3. The second-order valence-electron chi connectivity index (χ2n) is 3.56. The van der Waals surface area contributed by atoms with Crippen LogP contribution in [-0.2, 0) is 4.74 Å². The third-order valence-corrected chi connectivity index (χ3v) is 2.97. The van der Waals surface area contributed by atoms with Gasteiger partial charge in [-0.25, -0.2) is 0 Å². The van der Waals surface area contributed by atoms with E-state index in [4.69, 9.17) is 4.74 Å². The molecule has 1 aromatic carbocycles. The lowest BCUT2D eigenvalue weighted by molar-refractivity contribution is 0.415. The Kier molecular flexibility index (Phi) is 2.61. The first kappa shape index (κ1) is 9.10. The minimum atomic E-state index is 0.387. The van der Waals surface area contributed by atoms with Gasteiger partial charge in [0.2, 0.25) is 0 Å². The number of benzene rings is 1. The number of hydrogen-bond acceptors (Lipinski definition) is 2. The molecule has 1 nitrogen and oxygen atoms in total. The summed E-state index contributed by atoms with van der Waals surface area (Å²) < 4.78 is 5.21. The van der Waals surface area contributed by atoms with E-state index < -0.39 is 0 Å². The van der Waals surface area contributed by atoms with E-state index in [9.17, 15) is 0 Å². The second-order valence-corrected chi connectivity index (χ2v) is 5.21. The molecule has 0 radical (unpaired) electrons. The zero-order chi connectivity index (χ0) is 9.26. The summed E-state index contributed by atoms with van der Waals surface area (Å²) in [5.41, 5.74) is 1.31. The molecule has 1 fully saturated rings. The van der Waals surface area contributed by atoms with Crippen LogP contribution in [0.1, 0.15) is 25.5 Å². The largest absolute Gasteiger partial charge is 0.368 e. The molecule has 13 heavy (non-hydrogen) atoms. The van der Waals surface area contributed by atoms with Crippen molar-refractivity contribution in [3.8, 4) is 0 Å². The van der Waals surface area contributed by atoms with Crippen LogP contribution in [0.5, 0.6) is 0 Å². The van der Waals surface area contributed by atoms with Crippen LogP contribution in [0, 0.1) is 0 Å². The Morgan fingerprint density at radius 2 is 1.92 bits per heavy atom. The van der Waals surface area contributed by atoms with Crippen molar-refractivity contribution >= 4 is 11.8 Å². The van der Waals surface area contributed by atoms with Gasteiger partial charge < -0.3 is 4.74 Å². The zero-order valence-corrected chi connectivity index (χ0v) is 8.80. The van der Waals surface area contributed by atoms with Crippen molar-refractivity contribution in [3.63, 3.8) is 0 Å². The van der Waals surface area contributed by atoms with Gasteiger partial charge in [-0.15, -0.1) is 11.8 Å². The highest BCUT2D eigenvalue weighted by molar-refractivity contribution is 7.99. The van der Waals surface area contributed by atoms with E-state index in [0.717, 1.165) is 6.61 Å². The SMILES string of the molecule is CC(C)Sc1ccc([C@H]2CO2)cc1. The Morgan fingerprint density at radius 3 is 2.38 bits per heavy atom. The van der Waals surface area contributed by atoms with Crippen molar-refractivity contribution in [2.45, 2.75) is 30.1 Å². The third-order valence-electron chi connectivity index (χ3n) is 1.96. The maximum Gasteiger partial charge on any atom is 0.106 e. The first-order valence-electron chi connectivity index (χ1n) is 4.64. The quantitative estimate of drug-likeness (QED) is 0.541. The molecule has 0 amide bonds. The minimum absolute atomic E-state index is 0.387. The Labute approximate surface area is 83.5 Å². The summed E-state index contributed by atoms with van der Waals surface area (Å²) in [5, 5.41) is 0.656. The molecular formula is C11H14OS. The molecule has 0 N–H and O–H groups in total. The summed E-state index contributed by atoms with van der Waals surface area (Å²) in [5.74, 6) is 0. The zero-order valence-electron chi connectivity index (χ0n) is 7.99. The van der Waals surface area contributed by atoms with Crippen molar-refractivity contribution < 1.29 is 4.74 Å². The van der Waals surface area contributed by atoms with Gasteiger partial charge in [0.15, 0.2) is 0 Å². The maximum atomic E-state index is 5.21. The summed E-state index contributed by atoms with van der Waals surface area (Å²) in [6, 6.07) is 8.70. The van der Waals surface area contributed by atoms with Crippen molar-refractivity contribution in [3.05, 3.63) is 29.8 Å². The van der Waals surface area contributed by atoms with E-state index in [-0.39, 0.29) is 0 Å². The second kappa shape index (κ2) is 3.72. The van der Waals surface area contributed by atoms with E-state index >= 15 is 0 Å². The summed E-state index contributed by atoms with van der Waals surface area (Å²) in [6.07, 6.45) is 0.387. The smallest absolute Gasteiger partial charge is 0.106 e. The van der Waals surface area contributed by atoms with Crippen molar-refractivity contribution in [1.82, 2.24) is 0 Å². The molecule has 1 aromatic rings. The predicted octanol–water partition coefficient (Wildman–Crippen LogP) is 3.26. The lowest BCUT2D eigenvalue weighted by Gasteiger charge is -2.04. The van der Waals surface area contributed by atoms with Crippen LogP contribution in [0.3, 0.4) is 0 Å². The lowest BCUT2D eigenvalue weighted by atomic mass is 10.2. The molecule has 1 aliphatic rings. The molecule has 70 valence electrons. The van der Waals surface area contributed by atoms with Crippen LogP contribution in [0.15, 0.2) is 29.2 Å². The van der Waals surface area contributed by atoms with Crippen LogP contribution in [-0.4, -0.2) is 11.9 Å². The third kappa shape index (κ3) is 2.48. The van der Waals surface area contributed by atoms with Gasteiger partial charge in [0.1, 0.15) is 6.10 Å². The number of ether oxygens (including phenoxy) is 1. The highest BCUT2D eigenvalue weighted by Crippen LogP contribution is 2.31. The van der Waals surface area contributed by atoms with Crippen molar-refractivity contribution in [2.75, 3.05) is 6.61 Å². The molecule has 2 rings (SSSR count). The lowest BCUT2D eigenvalue weighted by Crippen LogP contribution is -1.86. The summed E-state index contributed by atoms with van der Waals surface area (Å²) in [6.45, 7) is 5.32. The molecule has 0 aromatic heterocycles. The average molecular weight is 194 g/mol. The predicted molar refractivity (Wildman–Crippen MR) is 56.1 cm³/mol. The molecule has 2 heteroatoms. The number of epoxide rings is 1. The highest BCUT2D eigenvalue weighted by Gasteiger charge is 2.24. The average Bonchev–Trinajstić information content (AvgIpc) is 2.87. The fourth-order valence-corrected chi connectivity index (χ4v) is 2.11. The van der Waals surface area contributed by atoms with Gasteiger partial charge in [0, 0.05) is 10.1 Å². The minimum Gasteiger partial charge on any atom is -0.368 e. The molecule has 1 aliphatic heterocycles. The molecule has 1 atom stereocenters. The standard InChI is InChI=1S/C11H14OS/c1-8(2)13-10-5-3-9(4-6-10)11-7-12-11/h3-6,8,11H,7H2,1-2H3/t11-/m1/s1. The van der Waals surface area contributed by atoms with Gasteiger partial charge >= 0.3 is 0 Å². The summed E-state index contributed by atoms with van der Waals surface area (Å²) >= 11 is 1.90. The summed E-state index contributed by atoms with van der Waals surface area (Å²) in [4.78, 5) is 1.35. The van der Waals surface area contributed by atoms with Crippen LogP contribution in [0.2, 0.25) is 0 Å². The molecule has 1 saturated heterocycles. The number of hydrogen-bond donors (Lipinski definition) is 0. The van der Waals surface area contributed by atoms with Crippen molar-refractivity contribution in [1.29, 1.82) is 0 Å². The van der Waals surface area contributed by atoms with E-state index in [1.54, 1.807) is 0 Å². The van der Waals surface area contributed by atoms with E-state index in [2.05, 4.69) is 38.1 Å². The van der Waals surface area contributed by atoms with Gasteiger partial charge in [-0.1, -0.05) is 26.0 Å². The molecule has 0 spiro atoms. The molecule has 1 heterocycles. The molecule has 0 unspecified atom stereocenters. The van der Waals surface area contributed by atoms with Gasteiger partial charge in [-0.05, 0) is 17.7 Å². The van der Waals surface area contributed by atoms with Crippen LogP contribution >= 0.6 is 11.8 Å². The fourth-order valence-electron chi connectivity index (χ4n) is 1.27. The highest BCUT2D eigenvalue weighted by atomic mass is 32.2. The van der Waals surface area contributed by atoms with E-state index in [1.165, 1.54) is 10.5 Å². The molecule has 0 bridgehead atoms. The Hall–Kier alpha value is -0.470. The Bertz CT molecular complexity index is 275. The van der Waals surface area contributed by atoms with E-state index in [0.29, 0.717) is 11.4 Å². The van der Waals surface area contributed by atoms with Gasteiger partial charge in [0.25, 0.3) is 0 Å². The van der Waals surface area contributed by atoms with Crippen molar-refractivity contribution in [2.24, 2.45) is 0 Å². The molecule has 0 aliphatic carbocycles. The normalized spacial score (nSPS) is 20.7. The topological polar surface area (TPSA) is 12.5 Å². The van der Waals surface area contributed by atoms with Crippen LogP contribution in [0.4, 0.5) is 0 Å². The summed E-state index contributed by atoms with van der Waals surface area (Å²) in [7, 11) is 0. The van der Waals surface area contributed by atoms with Crippen LogP contribution < -0.4 is 0 Å². The van der Waals surface area contributed by atoms with Gasteiger partial charge in [-0.2, -0.15) is 0 Å². The number of thioether (sulfide) groups is 1. The van der Waals surface area contributed by atoms with Gasteiger partial charge in [0.05, 0.1) is 6.61 Å². The Morgan fingerprint density at radius 1 is 1.31 bits per heavy atom. The fraction of sp³-hybridized carbons (Fsp3) is 0.455.